The van der Waals surface area contributed by atoms with Gasteiger partial charge < -0.3 is 15.2 Å². The third-order valence-electron chi connectivity index (χ3n) is 4.79. The van der Waals surface area contributed by atoms with Crippen molar-refractivity contribution in [2.75, 3.05) is 13.1 Å². The van der Waals surface area contributed by atoms with E-state index in [-0.39, 0.29) is 5.91 Å². The van der Waals surface area contributed by atoms with Gasteiger partial charge in [0.15, 0.2) is 0 Å². The van der Waals surface area contributed by atoms with E-state index in [2.05, 4.69) is 49.0 Å². The molecule has 1 amide bonds. The number of hydrogen-bond donors (Lipinski definition) is 2. The Morgan fingerprint density at radius 2 is 2.00 bits per heavy atom. The number of nitrogens with zero attached hydrogens (tertiary/aromatic N) is 1. The van der Waals surface area contributed by atoms with Gasteiger partial charge in [0.1, 0.15) is 0 Å². The number of nitrogens with one attached hydrogen (secondary N) is 2. The monoisotopic (exact) mass is 305 g/mol. The lowest BCUT2D eigenvalue weighted by Crippen LogP contribution is -2.38. The van der Waals surface area contributed by atoms with Crippen LogP contribution in [0.5, 0.6) is 0 Å². The molecule has 1 heterocycles. The zero-order valence-corrected chi connectivity index (χ0v) is 14.5. The van der Waals surface area contributed by atoms with Crippen molar-refractivity contribution < 1.29 is 4.79 Å². The molecule has 0 aliphatic heterocycles. The Bertz CT molecular complexity index is 501. The lowest BCUT2D eigenvalue weighted by Gasteiger charge is -2.26. The van der Waals surface area contributed by atoms with Gasteiger partial charge in [-0.3, -0.25) is 4.79 Å². The molecule has 1 aromatic heterocycles. The third-order valence-corrected chi connectivity index (χ3v) is 4.79. The molecular weight excluding hydrogens is 274 g/mol. The maximum atomic E-state index is 12.5. The fraction of sp³-hybridized carbons (Fsp3) is 0.722. The van der Waals surface area contributed by atoms with Crippen LogP contribution in [0, 0.1) is 13.8 Å². The van der Waals surface area contributed by atoms with Crippen LogP contribution in [0.15, 0.2) is 6.07 Å². The maximum absolute atomic E-state index is 12.5. The van der Waals surface area contributed by atoms with E-state index in [1.807, 2.05) is 0 Å². The van der Waals surface area contributed by atoms with Gasteiger partial charge in [0, 0.05) is 30.0 Å². The fourth-order valence-electron chi connectivity index (χ4n) is 3.67. The summed E-state index contributed by atoms with van der Waals surface area (Å²) in [6.07, 6.45) is 6.46. The second-order valence-corrected chi connectivity index (χ2v) is 6.62. The molecule has 0 radical (unpaired) electrons. The summed E-state index contributed by atoms with van der Waals surface area (Å²) in [5, 5.41) is 6.37. The largest absolute Gasteiger partial charge is 0.350 e. The number of rotatable bonds is 6. The van der Waals surface area contributed by atoms with Gasteiger partial charge >= 0.3 is 0 Å². The van der Waals surface area contributed by atoms with Crippen LogP contribution in [0.2, 0.25) is 0 Å². The summed E-state index contributed by atoms with van der Waals surface area (Å²) in [6, 6.07) is 2.93. The van der Waals surface area contributed by atoms with Crippen LogP contribution in [-0.4, -0.2) is 29.6 Å². The Morgan fingerprint density at radius 1 is 1.32 bits per heavy atom. The summed E-state index contributed by atoms with van der Waals surface area (Å²) in [6.45, 7) is 9.97. The molecule has 1 aliphatic rings. The molecule has 22 heavy (non-hydrogen) atoms. The molecule has 1 aromatic rings. The molecule has 1 aliphatic carbocycles. The quantitative estimate of drug-likeness (QED) is 0.847. The summed E-state index contributed by atoms with van der Waals surface area (Å²) in [7, 11) is 0. The normalized spacial score (nSPS) is 17.5. The Hall–Kier alpha value is -1.29. The van der Waals surface area contributed by atoms with Crippen LogP contribution in [-0.2, 0) is 0 Å². The van der Waals surface area contributed by atoms with Gasteiger partial charge in [-0.15, -0.1) is 0 Å². The number of aromatic nitrogens is 1. The van der Waals surface area contributed by atoms with E-state index in [9.17, 15) is 4.79 Å². The summed E-state index contributed by atoms with van der Waals surface area (Å²) >= 11 is 0. The van der Waals surface area contributed by atoms with Gasteiger partial charge in [-0.05, 0) is 46.2 Å². The Labute approximate surface area is 134 Å². The Morgan fingerprint density at radius 3 is 2.64 bits per heavy atom. The zero-order chi connectivity index (χ0) is 16.1. The summed E-state index contributed by atoms with van der Waals surface area (Å²) in [5.41, 5.74) is 3.18. The van der Waals surface area contributed by atoms with Crippen LogP contribution in [0.25, 0.3) is 0 Å². The van der Waals surface area contributed by atoms with E-state index in [4.69, 9.17) is 0 Å². The molecule has 0 saturated heterocycles. The first-order chi connectivity index (χ1) is 10.5. The molecule has 1 saturated carbocycles. The molecule has 1 fully saturated rings. The van der Waals surface area contributed by atoms with Crippen molar-refractivity contribution >= 4 is 5.91 Å². The molecule has 2 N–H and O–H groups in total. The summed E-state index contributed by atoms with van der Waals surface area (Å²) in [4.78, 5) is 12.5. The van der Waals surface area contributed by atoms with E-state index < -0.39 is 0 Å². The van der Waals surface area contributed by atoms with E-state index in [0.717, 1.165) is 17.8 Å². The number of hydrogen-bond acceptors (Lipinski definition) is 2. The fourth-order valence-corrected chi connectivity index (χ4v) is 3.67. The van der Waals surface area contributed by atoms with Crippen molar-refractivity contribution in [3.05, 3.63) is 23.0 Å². The second kappa shape index (κ2) is 7.82. The second-order valence-electron chi connectivity index (χ2n) is 6.62. The number of likely N-dealkylation sites (N-methyl/N-ethyl adjacent to an activating group) is 1. The minimum absolute atomic E-state index is 0.0555. The highest BCUT2D eigenvalue weighted by Crippen LogP contribution is 2.32. The van der Waals surface area contributed by atoms with Gasteiger partial charge in [0.05, 0.1) is 5.56 Å². The highest BCUT2D eigenvalue weighted by atomic mass is 16.1. The van der Waals surface area contributed by atoms with Crippen LogP contribution >= 0.6 is 0 Å². The summed E-state index contributed by atoms with van der Waals surface area (Å²) in [5.74, 6) is 0.0555. The van der Waals surface area contributed by atoms with Crippen LogP contribution < -0.4 is 10.6 Å². The molecule has 0 aromatic carbocycles. The van der Waals surface area contributed by atoms with Gasteiger partial charge in [-0.2, -0.15) is 0 Å². The Balaban J connectivity index is 2.06. The van der Waals surface area contributed by atoms with E-state index >= 15 is 0 Å². The number of carbonyl (C=O) groups excluding carboxylic acids is 1. The Kier molecular flexibility index (Phi) is 6.07. The molecular formula is C18H31N3O. The van der Waals surface area contributed by atoms with E-state index in [0.29, 0.717) is 18.6 Å². The maximum Gasteiger partial charge on any atom is 0.253 e. The van der Waals surface area contributed by atoms with Gasteiger partial charge in [-0.1, -0.05) is 26.2 Å². The first kappa shape index (κ1) is 17.1. The summed E-state index contributed by atoms with van der Waals surface area (Å²) < 4.78 is 2.39. The molecule has 0 spiro atoms. The molecule has 4 heteroatoms. The zero-order valence-electron chi connectivity index (χ0n) is 14.5. The number of aryl methyl sites for hydroxylation is 1. The predicted octanol–water partition coefficient (Wildman–Crippen LogP) is 3.34. The smallest absolute Gasteiger partial charge is 0.253 e. The third kappa shape index (κ3) is 3.92. The van der Waals surface area contributed by atoms with Crippen molar-refractivity contribution in [3.63, 3.8) is 0 Å². The van der Waals surface area contributed by atoms with E-state index in [1.165, 1.54) is 37.8 Å². The minimum atomic E-state index is 0.0555. The predicted molar refractivity (Wildman–Crippen MR) is 91.5 cm³/mol. The molecule has 2 rings (SSSR count). The first-order valence-electron chi connectivity index (χ1n) is 8.74. The minimum Gasteiger partial charge on any atom is -0.350 e. The lowest BCUT2D eigenvalue weighted by atomic mass is 9.95. The average Bonchev–Trinajstić information content (AvgIpc) is 2.81. The number of amides is 1. The van der Waals surface area contributed by atoms with Crippen molar-refractivity contribution in [2.24, 2.45) is 0 Å². The number of carbonyl (C=O) groups is 1. The average molecular weight is 305 g/mol. The molecule has 124 valence electrons. The van der Waals surface area contributed by atoms with Crippen LogP contribution in [0.4, 0.5) is 0 Å². The van der Waals surface area contributed by atoms with Crippen molar-refractivity contribution in [3.8, 4) is 0 Å². The molecule has 0 unspecified atom stereocenters. The van der Waals surface area contributed by atoms with Crippen LogP contribution in [0.1, 0.15) is 73.7 Å². The van der Waals surface area contributed by atoms with Gasteiger partial charge in [-0.25, -0.2) is 0 Å². The van der Waals surface area contributed by atoms with Crippen molar-refractivity contribution in [1.29, 1.82) is 0 Å². The first-order valence-corrected chi connectivity index (χ1v) is 8.74. The topological polar surface area (TPSA) is 46.1 Å². The highest BCUT2D eigenvalue weighted by molar-refractivity contribution is 5.95. The molecule has 0 bridgehead atoms. The molecule has 1 atom stereocenters. The van der Waals surface area contributed by atoms with Crippen LogP contribution in [0.3, 0.4) is 0 Å². The van der Waals surface area contributed by atoms with Gasteiger partial charge in [0.2, 0.25) is 0 Å². The highest BCUT2D eigenvalue weighted by Gasteiger charge is 2.22. The van der Waals surface area contributed by atoms with Crippen molar-refractivity contribution in [1.82, 2.24) is 15.2 Å². The SMILES string of the molecule is CCN[C@H](C)CNC(=O)c1cc(C)n(C2CCCCC2)c1C. The molecule has 4 nitrogen and oxygen atoms in total. The lowest BCUT2D eigenvalue weighted by molar-refractivity contribution is 0.0949. The van der Waals surface area contributed by atoms with E-state index in [1.54, 1.807) is 0 Å². The standard InChI is InChI=1S/C18H31N3O/c1-5-19-13(2)12-20-18(22)17-11-14(3)21(15(17)4)16-9-7-6-8-10-16/h11,13,16,19H,5-10,12H2,1-4H3,(H,20,22)/t13-/m1/s1. The van der Waals surface area contributed by atoms with Gasteiger partial charge in [0.25, 0.3) is 5.91 Å². The van der Waals surface area contributed by atoms with Crippen molar-refractivity contribution in [2.45, 2.75) is 71.9 Å².